The van der Waals surface area contributed by atoms with Crippen LogP contribution in [0.1, 0.15) is 5.56 Å². The lowest BCUT2D eigenvalue weighted by molar-refractivity contribution is 0.231. The lowest BCUT2D eigenvalue weighted by Gasteiger charge is -2.08. The van der Waals surface area contributed by atoms with E-state index in [-0.39, 0.29) is 6.10 Å². The predicted molar refractivity (Wildman–Crippen MR) is 50.2 cm³/mol. The summed E-state index contributed by atoms with van der Waals surface area (Å²) in [4.78, 5) is 0. The highest BCUT2D eigenvalue weighted by atomic mass is 16.5. The van der Waals surface area contributed by atoms with E-state index >= 15 is 0 Å². The van der Waals surface area contributed by atoms with Gasteiger partial charge >= 0.3 is 0 Å². The summed E-state index contributed by atoms with van der Waals surface area (Å²) >= 11 is 0. The van der Waals surface area contributed by atoms with E-state index in [0.29, 0.717) is 5.75 Å². The molecule has 1 aromatic rings. The smallest absolute Gasteiger partial charge is 0.123 e. The Kier molecular flexibility index (Phi) is 2.10. The van der Waals surface area contributed by atoms with Gasteiger partial charge in [0.1, 0.15) is 17.6 Å². The zero-order chi connectivity index (χ0) is 9.26. The van der Waals surface area contributed by atoms with Crippen molar-refractivity contribution in [2.45, 2.75) is 12.5 Å². The van der Waals surface area contributed by atoms with Crippen LogP contribution in [0.5, 0.6) is 11.5 Å². The van der Waals surface area contributed by atoms with Crippen molar-refractivity contribution in [2.24, 2.45) is 0 Å². The van der Waals surface area contributed by atoms with Crippen LogP contribution < -0.4 is 10.1 Å². The van der Waals surface area contributed by atoms with Gasteiger partial charge in [-0.25, -0.2) is 0 Å². The minimum absolute atomic E-state index is 0.210. The van der Waals surface area contributed by atoms with Gasteiger partial charge in [0.05, 0.1) is 0 Å². The largest absolute Gasteiger partial charge is 0.508 e. The van der Waals surface area contributed by atoms with E-state index in [1.165, 1.54) is 0 Å². The highest BCUT2D eigenvalue weighted by molar-refractivity contribution is 5.42. The number of phenols is 1. The molecule has 0 aromatic heterocycles. The fraction of sp³-hybridized carbons (Fsp3) is 0.400. The molecule has 1 aliphatic heterocycles. The van der Waals surface area contributed by atoms with Crippen molar-refractivity contribution in [3.63, 3.8) is 0 Å². The Bertz CT molecular complexity index is 312. The summed E-state index contributed by atoms with van der Waals surface area (Å²) in [5, 5.41) is 12.3. The molecule has 70 valence electrons. The van der Waals surface area contributed by atoms with Crippen molar-refractivity contribution >= 4 is 0 Å². The first kappa shape index (κ1) is 8.38. The second-order valence-electron chi connectivity index (χ2n) is 3.29. The summed E-state index contributed by atoms with van der Waals surface area (Å²) in [7, 11) is 1.91. The molecule has 0 amide bonds. The van der Waals surface area contributed by atoms with E-state index in [1.54, 1.807) is 12.1 Å². The van der Waals surface area contributed by atoms with E-state index in [2.05, 4.69) is 5.32 Å². The number of benzene rings is 1. The van der Waals surface area contributed by atoms with Crippen LogP contribution in [0.3, 0.4) is 0 Å². The van der Waals surface area contributed by atoms with E-state index in [9.17, 15) is 5.11 Å². The lowest BCUT2D eigenvalue weighted by Crippen LogP contribution is -2.27. The van der Waals surface area contributed by atoms with Crippen LogP contribution in [-0.4, -0.2) is 24.8 Å². The number of nitrogens with one attached hydrogen (secondary N) is 1. The first-order chi connectivity index (χ1) is 6.29. The SMILES string of the molecule is CNCC1Cc2cc(O)ccc2O1. The van der Waals surface area contributed by atoms with Crippen LogP contribution in [0.25, 0.3) is 0 Å². The first-order valence-electron chi connectivity index (χ1n) is 4.43. The van der Waals surface area contributed by atoms with Gasteiger partial charge in [-0.15, -0.1) is 0 Å². The minimum atomic E-state index is 0.210. The number of ether oxygens (including phenoxy) is 1. The third-order valence-electron chi connectivity index (χ3n) is 2.22. The Morgan fingerprint density at radius 2 is 2.46 bits per heavy atom. The monoisotopic (exact) mass is 179 g/mol. The quantitative estimate of drug-likeness (QED) is 0.709. The van der Waals surface area contributed by atoms with Crippen molar-refractivity contribution in [2.75, 3.05) is 13.6 Å². The van der Waals surface area contributed by atoms with Gasteiger partial charge in [0.15, 0.2) is 0 Å². The van der Waals surface area contributed by atoms with Gasteiger partial charge in [-0.2, -0.15) is 0 Å². The van der Waals surface area contributed by atoms with E-state index < -0.39 is 0 Å². The molecule has 3 nitrogen and oxygen atoms in total. The molecule has 1 aliphatic rings. The molecule has 1 aromatic carbocycles. The number of hydrogen-bond acceptors (Lipinski definition) is 3. The maximum atomic E-state index is 9.24. The van der Waals surface area contributed by atoms with Gasteiger partial charge in [-0.05, 0) is 25.2 Å². The summed E-state index contributed by atoms with van der Waals surface area (Å²) in [6.45, 7) is 0.843. The summed E-state index contributed by atoms with van der Waals surface area (Å²) in [6.07, 6.45) is 1.09. The summed E-state index contributed by atoms with van der Waals surface area (Å²) < 4.78 is 5.63. The maximum Gasteiger partial charge on any atom is 0.123 e. The van der Waals surface area contributed by atoms with Gasteiger partial charge in [0, 0.05) is 18.5 Å². The standard InChI is InChI=1S/C10H13NO2/c1-11-6-9-5-7-4-8(12)2-3-10(7)13-9/h2-4,9,11-12H,5-6H2,1H3. The van der Waals surface area contributed by atoms with Crippen molar-refractivity contribution in [3.8, 4) is 11.5 Å². The van der Waals surface area contributed by atoms with Crippen LogP contribution >= 0.6 is 0 Å². The molecule has 1 heterocycles. The molecule has 0 aliphatic carbocycles. The molecule has 13 heavy (non-hydrogen) atoms. The Hall–Kier alpha value is -1.22. The summed E-state index contributed by atoms with van der Waals surface area (Å²) in [5.74, 6) is 1.21. The predicted octanol–water partition coefficient (Wildman–Crippen LogP) is 0.915. The molecule has 1 atom stereocenters. The van der Waals surface area contributed by atoms with Crippen molar-refractivity contribution in [3.05, 3.63) is 23.8 Å². The minimum Gasteiger partial charge on any atom is -0.508 e. The fourth-order valence-corrected chi connectivity index (χ4v) is 1.65. The van der Waals surface area contributed by atoms with E-state index in [0.717, 1.165) is 24.3 Å². The van der Waals surface area contributed by atoms with Crippen molar-refractivity contribution < 1.29 is 9.84 Å². The number of rotatable bonds is 2. The van der Waals surface area contributed by atoms with Gasteiger partial charge in [0.25, 0.3) is 0 Å². The Morgan fingerprint density at radius 1 is 1.62 bits per heavy atom. The van der Waals surface area contributed by atoms with Crippen LogP contribution in [0.4, 0.5) is 0 Å². The molecule has 0 saturated carbocycles. The molecule has 3 heteroatoms. The average Bonchev–Trinajstić information content (AvgIpc) is 2.46. The molecule has 1 unspecified atom stereocenters. The summed E-state index contributed by atoms with van der Waals surface area (Å²) in [6, 6.07) is 5.24. The number of phenolic OH excluding ortho intramolecular Hbond substituents is 1. The molecule has 0 saturated heterocycles. The van der Waals surface area contributed by atoms with E-state index in [1.807, 2.05) is 13.1 Å². The van der Waals surface area contributed by atoms with Crippen LogP contribution in [-0.2, 0) is 6.42 Å². The molecule has 2 rings (SSSR count). The fourth-order valence-electron chi connectivity index (χ4n) is 1.65. The second kappa shape index (κ2) is 3.26. The van der Waals surface area contributed by atoms with Crippen LogP contribution in [0.2, 0.25) is 0 Å². The topological polar surface area (TPSA) is 41.5 Å². The van der Waals surface area contributed by atoms with Crippen LogP contribution in [0, 0.1) is 0 Å². The van der Waals surface area contributed by atoms with E-state index in [4.69, 9.17) is 4.74 Å². The highest BCUT2D eigenvalue weighted by Gasteiger charge is 2.21. The Labute approximate surface area is 77.3 Å². The maximum absolute atomic E-state index is 9.24. The summed E-state index contributed by atoms with van der Waals surface area (Å²) in [5.41, 5.74) is 1.10. The molecule has 2 N–H and O–H groups in total. The zero-order valence-corrected chi connectivity index (χ0v) is 7.58. The van der Waals surface area contributed by atoms with Crippen molar-refractivity contribution in [1.29, 1.82) is 0 Å². The molecule has 0 radical (unpaired) electrons. The number of aromatic hydroxyl groups is 1. The zero-order valence-electron chi connectivity index (χ0n) is 7.58. The molecule has 0 bridgehead atoms. The number of hydrogen-bond donors (Lipinski definition) is 2. The average molecular weight is 179 g/mol. The normalized spacial score (nSPS) is 19.6. The number of fused-ring (bicyclic) bond motifs is 1. The van der Waals surface area contributed by atoms with Gasteiger partial charge in [-0.3, -0.25) is 0 Å². The third-order valence-corrected chi connectivity index (χ3v) is 2.22. The molecule has 0 spiro atoms. The first-order valence-corrected chi connectivity index (χ1v) is 4.43. The van der Waals surface area contributed by atoms with Crippen molar-refractivity contribution in [1.82, 2.24) is 5.32 Å². The molecular formula is C10H13NO2. The van der Waals surface area contributed by atoms with Crippen LogP contribution in [0.15, 0.2) is 18.2 Å². The second-order valence-corrected chi connectivity index (χ2v) is 3.29. The lowest BCUT2D eigenvalue weighted by atomic mass is 10.1. The third kappa shape index (κ3) is 1.60. The number of likely N-dealkylation sites (N-methyl/N-ethyl adjacent to an activating group) is 1. The highest BCUT2D eigenvalue weighted by Crippen LogP contribution is 2.31. The van der Waals surface area contributed by atoms with Gasteiger partial charge in [-0.1, -0.05) is 0 Å². The molecule has 0 fully saturated rings. The Balaban J connectivity index is 2.16. The van der Waals surface area contributed by atoms with Gasteiger partial charge in [0.2, 0.25) is 0 Å². The Morgan fingerprint density at radius 3 is 3.23 bits per heavy atom. The van der Waals surface area contributed by atoms with Gasteiger partial charge < -0.3 is 15.2 Å². The molecular weight excluding hydrogens is 166 g/mol.